The summed E-state index contributed by atoms with van der Waals surface area (Å²) in [6.45, 7) is 2.98. The maximum absolute atomic E-state index is 3.04. The Hall–Kier alpha value is -0.458. The van der Waals surface area contributed by atoms with Crippen molar-refractivity contribution < 1.29 is 15.9 Å². The zero-order chi connectivity index (χ0) is 10.6. The second-order valence-corrected chi connectivity index (χ2v) is 4.33. The predicted octanol–water partition coefficient (Wildman–Crippen LogP) is 1.66. The van der Waals surface area contributed by atoms with Gasteiger partial charge in [0.15, 0.2) is 0 Å². The molecule has 0 N–H and O–H groups in total. The van der Waals surface area contributed by atoms with Crippen LogP contribution < -0.4 is 0 Å². The van der Waals surface area contributed by atoms with Crippen molar-refractivity contribution in [3.8, 4) is 0 Å². The molecule has 1 rings (SSSR count). The van der Waals surface area contributed by atoms with Gasteiger partial charge < -0.3 is 0 Å². The van der Waals surface area contributed by atoms with Gasteiger partial charge in [-0.3, -0.25) is 0 Å². The summed E-state index contributed by atoms with van der Waals surface area (Å²) < 4.78 is 1.18. The van der Waals surface area contributed by atoms with Gasteiger partial charge in [-0.2, -0.15) is 0 Å². The van der Waals surface area contributed by atoms with Crippen LogP contribution in [0.2, 0.25) is 0 Å². The second kappa shape index (κ2) is 5.43. The standard InChI is InChI=1S/C11H16N2.Cr/c1-4-13(12(2)3)10-11-8-6-5-7-9-11;/h5-9H,10H2,1-3H3;. The fraction of sp³-hybridized carbons (Fsp3) is 0.364. The van der Waals surface area contributed by atoms with Gasteiger partial charge in [-0.15, -0.1) is 0 Å². The van der Waals surface area contributed by atoms with Gasteiger partial charge in [-0.1, -0.05) is 0 Å². The Morgan fingerprint density at radius 1 is 1.21 bits per heavy atom. The molecule has 0 heterocycles. The third-order valence-corrected chi connectivity index (χ3v) is 2.35. The van der Waals surface area contributed by atoms with Crippen LogP contribution in [0.5, 0.6) is 0 Å². The molecular weight excluding hydrogens is 212 g/mol. The zero-order valence-electron chi connectivity index (χ0n) is 8.90. The van der Waals surface area contributed by atoms with Crippen molar-refractivity contribution in [2.45, 2.75) is 13.5 Å². The van der Waals surface area contributed by atoms with E-state index in [0.29, 0.717) is 0 Å². The van der Waals surface area contributed by atoms with Crippen LogP contribution in [0, 0.1) is 0 Å². The summed E-state index contributed by atoms with van der Waals surface area (Å²) >= 11 is 3.04. The molecule has 0 saturated carbocycles. The third kappa shape index (κ3) is 3.36. The van der Waals surface area contributed by atoms with Crippen molar-refractivity contribution in [3.05, 3.63) is 35.9 Å². The fourth-order valence-electron chi connectivity index (χ4n) is 1.29. The molecule has 0 fully saturated rings. The van der Waals surface area contributed by atoms with Crippen LogP contribution >= 0.6 is 0 Å². The summed E-state index contributed by atoms with van der Waals surface area (Å²) in [4.78, 5) is 0. The van der Waals surface area contributed by atoms with Crippen LogP contribution in [0.4, 0.5) is 0 Å². The number of hydrogen-bond donors (Lipinski definition) is 0. The molecule has 2 nitrogen and oxygen atoms in total. The van der Waals surface area contributed by atoms with E-state index in [-0.39, 0.29) is 0 Å². The Kier molecular flexibility index (Phi) is 4.51. The molecule has 0 radical (unpaired) electrons. The molecular formula is C11H16CrN2. The van der Waals surface area contributed by atoms with E-state index in [4.69, 9.17) is 0 Å². The average molecular weight is 228 g/mol. The van der Waals surface area contributed by atoms with Gasteiger partial charge in [-0.25, -0.2) is 0 Å². The van der Waals surface area contributed by atoms with E-state index >= 15 is 0 Å². The van der Waals surface area contributed by atoms with Crippen LogP contribution in [0.25, 0.3) is 0 Å². The number of hydrogen-bond acceptors (Lipinski definition) is 2. The quantitative estimate of drug-likeness (QED) is 0.723. The van der Waals surface area contributed by atoms with Crippen molar-refractivity contribution in [1.82, 2.24) is 10.0 Å². The van der Waals surface area contributed by atoms with Gasteiger partial charge in [0, 0.05) is 0 Å². The summed E-state index contributed by atoms with van der Waals surface area (Å²) in [5, 5.41) is 4.27. The van der Waals surface area contributed by atoms with Gasteiger partial charge in [0.1, 0.15) is 0 Å². The molecule has 0 saturated heterocycles. The Morgan fingerprint density at radius 3 is 2.21 bits per heavy atom. The summed E-state index contributed by atoms with van der Waals surface area (Å²) in [5.74, 6) is 0. The van der Waals surface area contributed by atoms with Crippen molar-refractivity contribution in [1.29, 1.82) is 0 Å². The first-order valence-electron chi connectivity index (χ1n) is 4.60. The van der Waals surface area contributed by atoms with Crippen molar-refractivity contribution in [3.63, 3.8) is 0 Å². The van der Waals surface area contributed by atoms with Crippen molar-refractivity contribution >= 4 is 4.50 Å². The van der Waals surface area contributed by atoms with Crippen molar-refractivity contribution in [2.75, 3.05) is 14.1 Å². The summed E-state index contributed by atoms with van der Waals surface area (Å²) in [6.07, 6.45) is 0. The number of rotatable bonds is 4. The molecule has 0 atom stereocenters. The first kappa shape index (κ1) is 11.6. The Balaban J connectivity index is 2.70. The first-order valence-corrected chi connectivity index (χ1v) is 5.24. The maximum atomic E-state index is 3.04. The molecule has 0 aliphatic rings. The van der Waals surface area contributed by atoms with Crippen LogP contribution in [-0.4, -0.2) is 28.6 Å². The summed E-state index contributed by atoms with van der Waals surface area (Å²) in [7, 11) is 4.09. The topological polar surface area (TPSA) is 6.48 Å². The van der Waals surface area contributed by atoms with Crippen LogP contribution in [0.1, 0.15) is 12.5 Å². The van der Waals surface area contributed by atoms with E-state index in [9.17, 15) is 0 Å². The molecule has 0 unspecified atom stereocenters. The minimum absolute atomic E-state index is 0.909. The van der Waals surface area contributed by atoms with E-state index in [2.05, 4.69) is 57.1 Å². The molecule has 0 aromatic heterocycles. The van der Waals surface area contributed by atoms with Crippen LogP contribution in [0.15, 0.2) is 30.3 Å². The molecule has 0 aliphatic heterocycles. The van der Waals surface area contributed by atoms with E-state index < -0.39 is 0 Å². The van der Waals surface area contributed by atoms with Gasteiger partial charge in [-0.05, 0) is 0 Å². The molecule has 0 amide bonds. The van der Waals surface area contributed by atoms with E-state index in [1.807, 2.05) is 20.2 Å². The fourth-order valence-corrected chi connectivity index (χ4v) is 1.65. The number of benzene rings is 1. The number of nitrogens with zero attached hydrogens (tertiary/aromatic N) is 2. The SMILES string of the molecule is C[C](=[Cr])N(Cc1ccccc1)N(C)C. The average Bonchev–Trinajstić information content (AvgIpc) is 2.15. The number of hydrazine groups is 1. The molecule has 0 bridgehead atoms. The summed E-state index contributed by atoms with van der Waals surface area (Å²) in [6, 6.07) is 10.5. The van der Waals surface area contributed by atoms with Gasteiger partial charge >= 0.3 is 93.8 Å². The van der Waals surface area contributed by atoms with Crippen molar-refractivity contribution in [2.24, 2.45) is 0 Å². The van der Waals surface area contributed by atoms with Gasteiger partial charge in [0.25, 0.3) is 0 Å². The van der Waals surface area contributed by atoms with Crippen LogP contribution in [-0.2, 0) is 22.4 Å². The Labute approximate surface area is 94.1 Å². The monoisotopic (exact) mass is 228 g/mol. The van der Waals surface area contributed by atoms with Gasteiger partial charge in [0.2, 0.25) is 0 Å². The van der Waals surface area contributed by atoms with Gasteiger partial charge in [0.05, 0.1) is 0 Å². The van der Waals surface area contributed by atoms with E-state index in [1.165, 1.54) is 10.1 Å². The molecule has 76 valence electrons. The Morgan fingerprint density at radius 2 is 1.79 bits per heavy atom. The molecule has 0 aliphatic carbocycles. The molecule has 0 spiro atoms. The third-order valence-electron chi connectivity index (χ3n) is 2.02. The molecule has 1 aromatic rings. The zero-order valence-corrected chi connectivity index (χ0v) is 10.2. The minimum atomic E-state index is 0.909. The second-order valence-electron chi connectivity index (χ2n) is 3.41. The summed E-state index contributed by atoms with van der Waals surface area (Å²) in [5.41, 5.74) is 1.32. The molecule has 14 heavy (non-hydrogen) atoms. The van der Waals surface area contributed by atoms with E-state index in [0.717, 1.165) is 6.54 Å². The normalized spacial score (nSPS) is 10.9. The van der Waals surface area contributed by atoms with E-state index in [1.54, 1.807) is 0 Å². The Bertz CT molecular complexity index is 295. The van der Waals surface area contributed by atoms with Crippen LogP contribution in [0.3, 0.4) is 0 Å². The first-order chi connectivity index (χ1) is 6.61. The molecule has 1 aromatic carbocycles. The molecule has 3 heteroatoms. The predicted molar refractivity (Wildman–Crippen MR) is 56.4 cm³/mol.